The molecule has 0 unspecified atom stereocenters. The van der Waals surface area contributed by atoms with Crippen molar-refractivity contribution in [1.29, 1.82) is 0 Å². The Morgan fingerprint density at radius 1 is 1.25 bits per heavy atom. The number of hydrogen-bond acceptors (Lipinski definition) is 5. The number of halogens is 1. The predicted molar refractivity (Wildman–Crippen MR) is 117 cm³/mol. The van der Waals surface area contributed by atoms with Gasteiger partial charge in [-0.1, -0.05) is 19.1 Å². The van der Waals surface area contributed by atoms with E-state index in [2.05, 4.69) is 10.2 Å². The van der Waals surface area contributed by atoms with Gasteiger partial charge in [-0.3, -0.25) is 14.6 Å². The van der Waals surface area contributed by atoms with E-state index in [1.54, 1.807) is 26.1 Å². The van der Waals surface area contributed by atoms with Crippen molar-refractivity contribution in [2.24, 2.45) is 0 Å². The number of rotatable bonds is 6. The van der Waals surface area contributed by atoms with Crippen LogP contribution in [0.2, 0.25) is 0 Å². The molecule has 3 rings (SSSR count). The molecule has 1 aromatic rings. The maximum atomic E-state index is 13.9. The Morgan fingerprint density at radius 3 is 2.62 bits per heavy atom. The fourth-order valence-electron chi connectivity index (χ4n) is 4.30. The zero-order valence-corrected chi connectivity index (χ0v) is 19.1. The van der Waals surface area contributed by atoms with Crippen molar-refractivity contribution in [2.45, 2.75) is 39.3 Å². The van der Waals surface area contributed by atoms with Gasteiger partial charge >= 0.3 is 12.0 Å². The molecule has 2 aliphatic heterocycles. The number of likely N-dealkylation sites (N-methyl/N-ethyl adjacent to an activating group) is 1. The molecule has 32 heavy (non-hydrogen) atoms. The van der Waals surface area contributed by atoms with Gasteiger partial charge < -0.3 is 15.0 Å². The topological polar surface area (TPSA) is 82.2 Å². The zero-order valence-electron chi connectivity index (χ0n) is 19.1. The Morgan fingerprint density at radius 2 is 2.00 bits per heavy atom. The maximum Gasteiger partial charge on any atom is 0.338 e. The van der Waals surface area contributed by atoms with Gasteiger partial charge in [0.1, 0.15) is 5.82 Å². The van der Waals surface area contributed by atoms with Gasteiger partial charge in [-0.25, -0.2) is 14.0 Å². The number of esters is 1. The molecule has 1 aromatic carbocycles. The van der Waals surface area contributed by atoms with E-state index < -0.39 is 17.8 Å². The lowest BCUT2D eigenvalue weighted by atomic mass is 9.94. The minimum atomic E-state index is -0.816. The molecule has 0 bridgehead atoms. The molecule has 0 saturated carbocycles. The summed E-state index contributed by atoms with van der Waals surface area (Å²) < 4.78 is 19.2. The van der Waals surface area contributed by atoms with Crippen molar-refractivity contribution in [3.05, 3.63) is 46.9 Å². The lowest BCUT2D eigenvalue weighted by Crippen LogP contribution is -2.56. The first kappa shape index (κ1) is 23.7. The smallest absolute Gasteiger partial charge is 0.338 e. The molecule has 0 radical (unpaired) electrons. The van der Waals surface area contributed by atoms with E-state index in [4.69, 9.17) is 4.74 Å². The number of ether oxygens (including phenoxy) is 1. The molecule has 2 heterocycles. The van der Waals surface area contributed by atoms with Gasteiger partial charge in [0.15, 0.2) is 0 Å². The van der Waals surface area contributed by atoms with Gasteiger partial charge in [-0.15, -0.1) is 0 Å². The summed E-state index contributed by atoms with van der Waals surface area (Å²) in [4.78, 5) is 43.3. The fourth-order valence-corrected chi connectivity index (χ4v) is 4.30. The largest absolute Gasteiger partial charge is 0.463 e. The minimum Gasteiger partial charge on any atom is -0.463 e. The summed E-state index contributed by atoms with van der Waals surface area (Å²) in [5, 5.41) is 2.79. The summed E-state index contributed by atoms with van der Waals surface area (Å²) in [7, 11) is 1.60. The quantitative estimate of drug-likeness (QED) is 0.678. The molecule has 1 saturated heterocycles. The Labute approximate surface area is 188 Å². The van der Waals surface area contributed by atoms with Crippen LogP contribution in [0.5, 0.6) is 0 Å². The third-order valence-electron chi connectivity index (χ3n) is 5.96. The Hall–Kier alpha value is -2.94. The number of urea groups is 1. The molecule has 8 nitrogen and oxygen atoms in total. The Bertz CT molecular complexity index is 919. The van der Waals surface area contributed by atoms with Crippen LogP contribution in [0.25, 0.3) is 0 Å². The predicted octanol–water partition coefficient (Wildman–Crippen LogP) is 2.28. The number of piperazine rings is 1. The van der Waals surface area contributed by atoms with Crippen LogP contribution in [0.3, 0.4) is 0 Å². The van der Waals surface area contributed by atoms with Gasteiger partial charge in [-0.2, -0.15) is 0 Å². The third kappa shape index (κ3) is 4.93. The Balaban J connectivity index is 1.96. The number of carbonyl (C=O) groups excluding carboxylic acids is 3. The molecule has 2 atom stereocenters. The molecule has 0 aliphatic carbocycles. The summed E-state index contributed by atoms with van der Waals surface area (Å²) in [5.41, 5.74) is 1.28. The average molecular weight is 447 g/mol. The van der Waals surface area contributed by atoms with E-state index in [9.17, 15) is 18.8 Å². The monoisotopic (exact) mass is 446 g/mol. The van der Waals surface area contributed by atoms with Crippen molar-refractivity contribution in [3.8, 4) is 0 Å². The molecule has 2 aliphatic rings. The number of nitrogens with one attached hydrogen (secondary N) is 1. The highest BCUT2D eigenvalue weighted by Crippen LogP contribution is 2.32. The lowest BCUT2D eigenvalue weighted by Gasteiger charge is -2.42. The summed E-state index contributed by atoms with van der Waals surface area (Å²) in [5.74, 6) is -0.883. The van der Waals surface area contributed by atoms with Gasteiger partial charge in [0.2, 0.25) is 5.91 Å². The van der Waals surface area contributed by atoms with E-state index in [1.807, 2.05) is 18.7 Å². The van der Waals surface area contributed by atoms with Crippen LogP contribution in [0.1, 0.15) is 38.8 Å². The van der Waals surface area contributed by atoms with Crippen LogP contribution < -0.4 is 5.32 Å². The van der Waals surface area contributed by atoms with Crippen LogP contribution in [-0.4, -0.2) is 78.5 Å². The van der Waals surface area contributed by atoms with Gasteiger partial charge in [0.05, 0.1) is 18.2 Å². The van der Waals surface area contributed by atoms with Crippen molar-refractivity contribution in [2.75, 3.05) is 39.8 Å². The summed E-state index contributed by atoms with van der Waals surface area (Å²) in [6.45, 7) is 7.89. The molecule has 0 aromatic heterocycles. The number of hydrogen-bond donors (Lipinski definition) is 1. The number of nitrogens with zero attached hydrogens (tertiary/aromatic N) is 3. The van der Waals surface area contributed by atoms with Crippen LogP contribution in [0.15, 0.2) is 35.5 Å². The van der Waals surface area contributed by atoms with Crippen molar-refractivity contribution >= 4 is 17.9 Å². The highest BCUT2D eigenvalue weighted by Gasteiger charge is 2.38. The number of carbonyl (C=O) groups is 3. The van der Waals surface area contributed by atoms with Crippen molar-refractivity contribution < 1.29 is 23.5 Å². The zero-order chi connectivity index (χ0) is 23.4. The minimum absolute atomic E-state index is 0.0181. The van der Waals surface area contributed by atoms with Crippen LogP contribution >= 0.6 is 0 Å². The van der Waals surface area contributed by atoms with Crippen LogP contribution in [-0.2, 0) is 14.3 Å². The summed E-state index contributed by atoms with van der Waals surface area (Å²) >= 11 is 0. The molecule has 174 valence electrons. The molecule has 1 fully saturated rings. The van der Waals surface area contributed by atoms with Gasteiger partial charge in [-0.05, 0) is 31.5 Å². The molecular formula is C23H31FN4O4. The average Bonchev–Trinajstić information content (AvgIpc) is 2.76. The fraction of sp³-hybridized carbons (Fsp3) is 0.522. The second kappa shape index (κ2) is 10.1. The number of benzene rings is 1. The molecule has 0 spiro atoms. The SMILES string of the molecule is CCOC(=O)C1=C(CN2CCN(C(=O)CC)[C@@H](C)C2)N(C)C(=O)N[C@@H]1c1cccc(F)c1. The third-order valence-corrected chi connectivity index (χ3v) is 5.96. The van der Waals surface area contributed by atoms with E-state index in [0.717, 1.165) is 0 Å². The molecular weight excluding hydrogens is 415 g/mol. The van der Waals surface area contributed by atoms with Gasteiger partial charge in [0.25, 0.3) is 0 Å². The van der Waals surface area contributed by atoms with Crippen LogP contribution in [0.4, 0.5) is 9.18 Å². The van der Waals surface area contributed by atoms with Crippen LogP contribution in [0, 0.1) is 5.82 Å². The normalized spacial score (nSPS) is 22.1. The second-order valence-corrected chi connectivity index (χ2v) is 8.10. The first-order valence-corrected chi connectivity index (χ1v) is 11.0. The molecule has 1 N–H and O–H groups in total. The van der Waals surface area contributed by atoms with E-state index in [-0.39, 0.29) is 24.6 Å². The lowest BCUT2D eigenvalue weighted by molar-refractivity contribution is -0.139. The summed E-state index contributed by atoms with van der Waals surface area (Å²) in [6, 6.07) is 4.66. The second-order valence-electron chi connectivity index (χ2n) is 8.10. The first-order valence-electron chi connectivity index (χ1n) is 11.0. The van der Waals surface area contributed by atoms with E-state index in [1.165, 1.54) is 17.0 Å². The first-order chi connectivity index (χ1) is 15.3. The standard InChI is InChI=1S/C23H31FN4O4/c1-5-19(29)28-11-10-27(13-15(28)3)14-18-20(22(30)32-6-2)21(25-23(31)26(18)4)16-8-7-9-17(24)12-16/h7-9,12,15,21H,5-6,10-11,13-14H2,1-4H3,(H,25,31)/t15-,21+/m0/s1. The highest BCUT2D eigenvalue weighted by atomic mass is 19.1. The van der Waals surface area contributed by atoms with Gasteiger partial charge in [0, 0.05) is 51.4 Å². The highest BCUT2D eigenvalue weighted by molar-refractivity contribution is 5.95. The molecule has 3 amide bonds. The summed E-state index contributed by atoms with van der Waals surface area (Å²) in [6.07, 6.45) is 0.459. The van der Waals surface area contributed by atoms with Crippen molar-refractivity contribution in [3.63, 3.8) is 0 Å². The number of amides is 3. The van der Waals surface area contributed by atoms with E-state index in [0.29, 0.717) is 49.4 Å². The Kier molecular flexibility index (Phi) is 7.50. The van der Waals surface area contributed by atoms with E-state index >= 15 is 0 Å². The molecule has 9 heteroatoms. The van der Waals surface area contributed by atoms with Crippen molar-refractivity contribution in [1.82, 2.24) is 20.0 Å². The maximum absolute atomic E-state index is 13.9.